The molecule has 2 fully saturated rings. The van der Waals surface area contributed by atoms with Gasteiger partial charge in [0.25, 0.3) is 0 Å². The van der Waals surface area contributed by atoms with Crippen LogP contribution in [0.3, 0.4) is 0 Å². The van der Waals surface area contributed by atoms with E-state index in [0.717, 1.165) is 17.5 Å². The van der Waals surface area contributed by atoms with E-state index in [-0.39, 0.29) is 0 Å². The van der Waals surface area contributed by atoms with Crippen molar-refractivity contribution in [3.63, 3.8) is 0 Å². The number of fused-ring (bicyclic) bond motifs is 1. The Labute approximate surface area is 50.5 Å². The van der Waals surface area contributed by atoms with Gasteiger partial charge in [-0.1, -0.05) is 6.92 Å². The SMILES string of the molecule is CC1CC2(C)CC2N1. The quantitative estimate of drug-likeness (QED) is 0.494. The minimum Gasteiger partial charge on any atom is -0.311 e. The smallest absolute Gasteiger partial charge is 0.0130 e. The highest BCUT2D eigenvalue weighted by Gasteiger charge is 2.55. The first-order chi connectivity index (χ1) is 3.71. The summed E-state index contributed by atoms with van der Waals surface area (Å²) in [5.41, 5.74) is 0.722. The average molecular weight is 111 g/mol. The van der Waals surface area contributed by atoms with Crippen molar-refractivity contribution in [2.24, 2.45) is 5.41 Å². The molecule has 0 spiro atoms. The van der Waals surface area contributed by atoms with Gasteiger partial charge in [-0.05, 0) is 25.2 Å². The van der Waals surface area contributed by atoms with Crippen LogP contribution in [0.15, 0.2) is 0 Å². The van der Waals surface area contributed by atoms with Crippen LogP contribution < -0.4 is 5.32 Å². The Morgan fingerprint density at radius 1 is 1.50 bits per heavy atom. The normalized spacial score (nSPS) is 60.8. The minimum atomic E-state index is 0.722. The van der Waals surface area contributed by atoms with Gasteiger partial charge in [-0.25, -0.2) is 0 Å². The highest BCUT2D eigenvalue weighted by Crippen LogP contribution is 2.53. The molecule has 46 valence electrons. The number of hydrogen-bond acceptors (Lipinski definition) is 1. The van der Waals surface area contributed by atoms with E-state index in [4.69, 9.17) is 0 Å². The molecule has 3 atom stereocenters. The molecule has 8 heavy (non-hydrogen) atoms. The van der Waals surface area contributed by atoms with Gasteiger partial charge < -0.3 is 5.32 Å². The largest absolute Gasteiger partial charge is 0.311 e. The monoisotopic (exact) mass is 111 g/mol. The van der Waals surface area contributed by atoms with Crippen molar-refractivity contribution in [1.82, 2.24) is 5.32 Å². The van der Waals surface area contributed by atoms with Gasteiger partial charge in [0.1, 0.15) is 0 Å². The van der Waals surface area contributed by atoms with Crippen LogP contribution in [0.25, 0.3) is 0 Å². The molecular formula is C7H13N. The Balaban J connectivity index is 2.10. The van der Waals surface area contributed by atoms with Crippen LogP contribution >= 0.6 is 0 Å². The minimum absolute atomic E-state index is 0.722. The van der Waals surface area contributed by atoms with Crippen LogP contribution in [-0.4, -0.2) is 12.1 Å². The lowest BCUT2D eigenvalue weighted by Crippen LogP contribution is -2.21. The van der Waals surface area contributed by atoms with Crippen molar-refractivity contribution in [3.8, 4) is 0 Å². The van der Waals surface area contributed by atoms with Crippen molar-refractivity contribution < 1.29 is 0 Å². The predicted octanol–water partition coefficient (Wildman–Crippen LogP) is 1.15. The molecule has 2 rings (SSSR count). The maximum Gasteiger partial charge on any atom is 0.0130 e. The second kappa shape index (κ2) is 1.10. The van der Waals surface area contributed by atoms with E-state index in [1.165, 1.54) is 12.8 Å². The van der Waals surface area contributed by atoms with Crippen LogP contribution in [0.2, 0.25) is 0 Å². The third-order valence-corrected chi connectivity index (χ3v) is 2.61. The molecule has 0 aromatic carbocycles. The average Bonchev–Trinajstić information content (AvgIpc) is 2.07. The first kappa shape index (κ1) is 4.80. The standard InChI is InChI=1S/C7H13N/c1-5-3-7(2)4-6(7)8-5/h5-6,8H,3-4H2,1-2H3. The van der Waals surface area contributed by atoms with Crippen molar-refractivity contribution in [1.29, 1.82) is 0 Å². The Morgan fingerprint density at radius 3 is 2.50 bits per heavy atom. The van der Waals surface area contributed by atoms with Crippen molar-refractivity contribution in [2.75, 3.05) is 0 Å². The van der Waals surface area contributed by atoms with Gasteiger partial charge >= 0.3 is 0 Å². The molecule has 0 radical (unpaired) electrons. The molecule has 3 unspecified atom stereocenters. The summed E-state index contributed by atoms with van der Waals surface area (Å²) in [6, 6.07) is 1.68. The zero-order chi connectivity index (χ0) is 5.78. The maximum atomic E-state index is 3.53. The summed E-state index contributed by atoms with van der Waals surface area (Å²) in [6.07, 6.45) is 2.83. The lowest BCUT2D eigenvalue weighted by Gasteiger charge is -2.05. The Morgan fingerprint density at radius 2 is 2.25 bits per heavy atom. The summed E-state index contributed by atoms with van der Waals surface area (Å²) in [7, 11) is 0. The molecule has 0 aromatic heterocycles. The molecule has 1 heterocycles. The molecule has 1 aliphatic heterocycles. The first-order valence-corrected chi connectivity index (χ1v) is 3.47. The third kappa shape index (κ3) is 0.455. The Hall–Kier alpha value is -0.0400. The molecular weight excluding hydrogens is 98.1 g/mol. The number of piperidine rings is 1. The maximum absolute atomic E-state index is 3.53. The lowest BCUT2D eigenvalue weighted by molar-refractivity contribution is 0.514. The van der Waals surface area contributed by atoms with E-state index >= 15 is 0 Å². The molecule has 1 saturated carbocycles. The summed E-state index contributed by atoms with van der Waals surface area (Å²) >= 11 is 0. The van der Waals surface area contributed by atoms with Gasteiger partial charge in [0.05, 0.1) is 0 Å². The van der Waals surface area contributed by atoms with Gasteiger partial charge in [0, 0.05) is 12.1 Å². The van der Waals surface area contributed by atoms with Gasteiger partial charge in [-0.15, -0.1) is 0 Å². The van der Waals surface area contributed by atoms with Crippen LogP contribution in [0.5, 0.6) is 0 Å². The fourth-order valence-electron chi connectivity index (χ4n) is 1.99. The Bertz CT molecular complexity index is 122. The third-order valence-electron chi connectivity index (χ3n) is 2.61. The molecule has 2 aliphatic rings. The summed E-state index contributed by atoms with van der Waals surface area (Å²) in [6.45, 7) is 4.66. The molecule has 0 aromatic rings. The number of hydrogen-bond donors (Lipinski definition) is 1. The summed E-state index contributed by atoms with van der Waals surface area (Å²) in [5.74, 6) is 0. The van der Waals surface area contributed by atoms with Crippen LogP contribution in [0, 0.1) is 5.41 Å². The van der Waals surface area contributed by atoms with Gasteiger partial charge in [-0.2, -0.15) is 0 Å². The van der Waals surface area contributed by atoms with Gasteiger partial charge in [0.2, 0.25) is 0 Å². The molecule has 1 aliphatic carbocycles. The second-order valence-electron chi connectivity index (χ2n) is 3.68. The van der Waals surface area contributed by atoms with E-state index in [0.29, 0.717) is 0 Å². The van der Waals surface area contributed by atoms with Crippen molar-refractivity contribution >= 4 is 0 Å². The second-order valence-corrected chi connectivity index (χ2v) is 3.68. The van der Waals surface area contributed by atoms with E-state index in [9.17, 15) is 0 Å². The molecule has 1 N–H and O–H groups in total. The van der Waals surface area contributed by atoms with Crippen LogP contribution in [-0.2, 0) is 0 Å². The van der Waals surface area contributed by atoms with Gasteiger partial charge in [0.15, 0.2) is 0 Å². The summed E-state index contributed by atoms with van der Waals surface area (Å²) in [4.78, 5) is 0. The molecule has 0 amide bonds. The molecule has 1 nitrogen and oxygen atoms in total. The van der Waals surface area contributed by atoms with E-state index < -0.39 is 0 Å². The fourth-order valence-corrected chi connectivity index (χ4v) is 1.99. The molecule has 1 saturated heterocycles. The summed E-state index contributed by atoms with van der Waals surface area (Å²) < 4.78 is 0. The molecule has 0 bridgehead atoms. The van der Waals surface area contributed by atoms with E-state index in [1.54, 1.807) is 0 Å². The highest BCUT2D eigenvalue weighted by atomic mass is 15.1. The lowest BCUT2D eigenvalue weighted by atomic mass is 10.0. The van der Waals surface area contributed by atoms with E-state index in [1.807, 2.05) is 0 Å². The first-order valence-electron chi connectivity index (χ1n) is 3.47. The fraction of sp³-hybridized carbons (Fsp3) is 1.00. The van der Waals surface area contributed by atoms with E-state index in [2.05, 4.69) is 19.2 Å². The topological polar surface area (TPSA) is 12.0 Å². The zero-order valence-corrected chi connectivity index (χ0v) is 5.57. The zero-order valence-electron chi connectivity index (χ0n) is 5.57. The summed E-state index contributed by atoms with van der Waals surface area (Å²) in [5, 5.41) is 3.53. The van der Waals surface area contributed by atoms with Crippen molar-refractivity contribution in [3.05, 3.63) is 0 Å². The number of nitrogens with one attached hydrogen (secondary N) is 1. The predicted molar refractivity (Wildman–Crippen MR) is 33.7 cm³/mol. The van der Waals surface area contributed by atoms with Crippen LogP contribution in [0.1, 0.15) is 26.7 Å². The van der Waals surface area contributed by atoms with Gasteiger partial charge in [-0.3, -0.25) is 0 Å². The highest BCUT2D eigenvalue weighted by molar-refractivity contribution is 5.11. The number of rotatable bonds is 0. The van der Waals surface area contributed by atoms with Crippen LogP contribution in [0.4, 0.5) is 0 Å². The Kier molecular flexibility index (Phi) is 0.663. The van der Waals surface area contributed by atoms with Crippen molar-refractivity contribution in [2.45, 2.75) is 38.8 Å². The molecule has 1 heteroatoms.